The molecule has 3 heteroatoms. The van der Waals surface area contributed by atoms with Gasteiger partial charge in [0, 0.05) is 13.0 Å². The Bertz CT molecular complexity index is 377. The van der Waals surface area contributed by atoms with Crippen LogP contribution in [-0.2, 0) is 11.2 Å². The molecule has 1 atom stereocenters. The SMILES string of the molecule is Cc1cccc(CCC(=O)NCC(C)CCN)c1. The molecule has 18 heavy (non-hydrogen) atoms. The molecule has 0 saturated carbocycles. The number of carbonyl (C=O) groups is 1. The molecule has 100 valence electrons. The van der Waals surface area contributed by atoms with E-state index in [9.17, 15) is 4.79 Å². The highest BCUT2D eigenvalue weighted by atomic mass is 16.1. The quantitative estimate of drug-likeness (QED) is 0.775. The van der Waals surface area contributed by atoms with Crippen LogP contribution in [0.1, 0.15) is 30.9 Å². The van der Waals surface area contributed by atoms with E-state index in [-0.39, 0.29) is 5.91 Å². The van der Waals surface area contributed by atoms with Crippen LogP contribution >= 0.6 is 0 Å². The summed E-state index contributed by atoms with van der Waals surface area (Å²) in [5.41, 5.74) is 7.93. The zero-order valence-corrected chi connectivity index (χ0v) is 11.4. The molecule has 1 rings (SSSR count). The van der Waals surface area contributed by atoms with Crippen LogP contribution in [0.4, 0.5) is 0 Å². The molecular weight excluding hydrogens is 224 g/mol. The Hall–Kier alpha value is -1.35. The second-order valence-corrected chi connectivity index (χ2v) is 4.98. The third kappa shape index (κ3) is 5.82. The van der Waals surface area contributed by atoms with Crippen molar-refractivity contribution in [2.24, 2.45) is 11.7 Å². The van der Waals surface area contributed by atoms with Crippen LogP contribution in [0.3, 0.4) is 0 Å². The Morgan fingerprint density at radius 3 is 2.89 bits per heavy atom. The third-order valence-electron chi connectivity index (χ3n) is 3.03. The molecule has 1 aromatic rings. The number of hydrogen-bond acceptors (Lipinski definition) is 2. The standard InChI is InChI=1S/C15H24N2O/c1-12-4-3-5-14(10-12)6-7-15(18)17-11-13(2)8-9-16/h3-5,10,13H,6-9,11,16H2,1-2H3,(H,17,18). The Morgan fingerprint density at radius 2 is 2.22 bits per heavy atom. The smallest absolute Gasteiger partial charge is 0.220 e. The minimum absolute atomic E-state index is 0.125. The topological polar surface area (TPSA) is 55.1 Å². The third-order valence-corrected chi connectivity index (χ3v) is 3.03. The number of carbonyl (C=O) groups excluding carboxylic acids is 1. The molecule has 0 aliphatic rings. The van der Waals surface area contributed by atoms with E-state index in [0.717, 1.165) is 19.4 Å². The van der Waals surface area contributed by atoms with Crippen molar-refractivity contribution in [1.29, 1.82) is 0 Å². The summed E-state index contributed by atoms with van der Waals surface area (Å²) in [6.07, 6.45) is 2.32. The molecule has 0 bridgehead atoms. The number of amides is 1. The van der Waals surface area contributed by atoms with Gasteiger partial charge in [-0.05, 0) is 37.8 Å². The van der Waals surface area contributed by atoms with Gasteiger partial charge in [-0.15, -0.1) is 0 Å². The second-order valence-electron chi connectivity index (χ2n) is 4.98. The molecule has 1 unspecified atom stereocenters. The van der Waals surface area contributed by atoms with Gasteiger partial charge in [0.2, 0.25) is 5.91 Å². The zero-order valence-electron chi connectivity index (χ0n) is 11.4. The molecule has 0 heterocycles. The molecule has 0 aliphatic heterocycles. The van der Waals surface area contributed by atoms with Gasteiger partial charge in [-0.25, -0.2) is 0 Å². The lowest BCUT2D eigenvalue weighted by atomic mass is 10.1. The van der Waals surface area contributed by atoms with Crippen molar-refractivity contribution in [3.05, 3.63) is 35.4 Å². The van der Waals surface area contributed by atoms with Crippen molar-refractivity contribution in [2.45, 2.75) is 33.1 Å². The normalized spacial score (nSPS) is 12.2. The van der Waals surface area contributed by atoms with Gasteiger partial charge >= 0.3 is 0 Å². The predicted molar refractivity (Wildman–Crippen MR) is 75.3 cm³/mol. The summed E-state index contributed by atoms with van der Waals surface area (Å²) in [5.74, 6) is 0.582. The van der Waals surface area contributed by atoms with Gasteiger partial charge in [0.1, 0.15) is 0 Å². The van der Waals surface area contributed by atoms with Gasteiger partial charge in [-0.2, -0.15) is 0 Å². The molecule has 3 N–H and O–H groups in total. The Balaban J connectivity index is 2.25. The first-order valence-electron chi connectivity index (χ1n) is 6.64. The first kappa shape index (κ1) is 14.7. The summed E-state index contributed by atoms with van der Waals surface area (Å²) in [4.78, 5) is 11.7. The van der Waals surface area contributed by atoms with Crippen LogP contribution in [0.15, 0.2) is 24.3 Å². The maximum Gasteiger partial charge on any atom is 0.220 e. The van der Waals surface area contributed by atoms with Crippen LogP contribution in [0.2, 0.25) is 0 Å². The van der Waals surface area contributed by atoms with Crippen molar-refractivity contribution in [1.82, 2.24) is 5.32 Å². The van der Waals surface area contributed by atoms with E-state index in [1.807, 2.05) is 6.07 Å². The van der Waals surface area contributed by atoms with E-state index >= 15 is 0 Å². The van der Waals surface area contributed by atoms with Gasteiger partial charge < -0.3 is 11.1 Å². The van der Waals surface area contributed by atoms with Gasteiger partial charge in [0.05, 0.1) is 0 Å². The average molecular weight is 248 g/mol. The number of aryl methyl sites for hydroxylation is 2. The maximum atomic E-state index is 11.7. The molecule has 3 nitrogen and oxygen atoms in total. The van der Waals surface area contributed by atoms with Crippen molar-refractivity contribution >= 4 is 5.91 Å². The predicted octanol–water partition coefficient (Wildman–Crippen LogP) is 2.03. The van der Waals surface area contributed by atoms with E-state index in [1.54, 1.807) is 0 Å². The van der Waals surface area contributed by atoms with E-state index in [2.05, 4.69) is 37.4 Å². The molecule has 1 aromatic carbocycles. The fourth-order valence-corrected chi connectivity index (χ4v) is 1.89. The number of benzene rings is 1. The summed E-state index contributed by atoms with van der Waals surface area (Å²) in [5, 5.41) is 2.96. The van der Waals surface area contributed by atoms with Crippen molar-refractivity contribution in [3.8, 4) is 0 Å². The van der Waals surface area contributed by atoms with E-state index in [0.29, 0.717) is 18.9 Å². The zero-order chi connectivity index (χ0) is 13.4. The number of rotatable bonds is 7. The molecule has 0 radical (unpaired) electrons. The molecule has 0 aliphatic carbocycles. The monoisotopic (exact) mass is 248 g/mol. The Kier molecular flexibility index (Phi) is 6.44. The fraction of sp³-hybridized carbons (Fsp3) is 0.533. The van der Waals surface area contributed by atoms with Gasteiger partial charge in [-0.1, -0.05) is 36.8 Å². The van der Waals surface area contributed by atoms with Crippen molar-refractivity contribution < 1.29 is 4.79 Å². The van der Waals surface area contributed by atoms with E-state index in [1.165, 1.54) is 11.1 Å². The van der Waals surface area contributed by atoms with Gasteiger partial charge in [0.25, 0.3) is 0 Å². The number of hydrogen-bond donors (Lipinski definition) is 2. The highest BCUT2D eigenvalue weighted by Crippen LogP contribution is 2.06. The molecule has 0 saturated heterocycles. The summed E-state index contributed by atoms with van der Waals surface area (Å²) in [6, 6.07) is 8.30. The largest absolute Gasteiger partial charge is 0.356 e. The first-order chi connectivity index (χ1) is 8.61. The van der Waals surface area contributed by atoms with E-state index < -0.39 is 0 Å². The average Bonchev–Trinajstić information content (AvgIpc) is 2.34. The molecule has 0 spiro atoms. The van der Waals surface area contributed by atoms with Gasteiger partial charge in [0.15, 0.2) is 0 Å². The first-order valence-corrected chi connectivity index (χ1v) is 6.64. The minimum atomic E-state index is 0.125. The molecule has 0 aromatic heterocycles. The lowest BCUT2D eigenvalue weighted by Gasteiger charge is -2.11. The van der Waals surface area contributed by atoms with Crippen LogP contribution in [0.25, 0.3) is 0 Å². The van der Waals surface area contributed by atoms with Gasteiger partial charge in [-0.3, -0.25) is 4.79 Å². The maximum absolute atomic E-state index is 11.7. The number of nitrogens with one attached hydrogen (secondary N) is 1. The van der Waals surface area contributed by atoms with E-state index in [4.69, 9.17) is 5.73 Å². The minimum Gasteiger partial charge on any atom is -0.356 e. The van der Waals surface area contributed by atoms with Crippen molar-refractivity contribution in [3.63, 3.8) is 0 Å². The highest BCUT2D eigenvalue weighted by Gasteiger charge is 2.05. The molecule has 1 amide bonds. The number of nitrogens with two attached hydrogens (primary N) is 1. The lowest BCUT2D eigenvalue weighted by molar-refractivity contribution is -0.121. The molecular formula is C15H24N2O. The highest BCUT2D eigenvalue weighted by molar-refractivity contribution is 5.76. The van der Waals surface area contributed by atoms with Crippen molar-refractivity contribution in [2.75, 3.05) is 13.1 Å². The summed E-state index contributed by atoms with van der Waals surface area (Å²) >= 11 is 0. The van der Waals surface area contributed by atoms with Crippen LogP contribution in [0, 0.1) is 12.8 Å². The molecule has 0 fully saturated rings. The van der Waals surface area contributed by atoms with Crippen LogP contribution in [0.5, 0.6) is 0 Å². The summed E-state index contributed by atoms with van der Waals surface area (Å²) in [7, 11) is 0. The Labute approximate surface area is 110 Å². The van der Waals surface area contributed by atoms with Crippen LogP contribution < -0.4 is 11.1 Å². The lowest BCUT2D eigenvalue weighted by Crippen LogP contribution is -2.29. The summed E-state index contributed by atoms with van der Waals surface area (Å²) in [6.45, 7) is 5.58. The fourth-order valence-electron chi connectivity index (χ4n) is 1.89. The Morgan fingerprint density at radius 1 is 1.44 bits per heavy atom. The summed E-state index contributed by atoms with van der Waals surface area (Å²) < 4.78 is 0. The second kappa shape index (κ2) is 7.88. The van der Waals surface area contributed by atoms with Crippen LogP contribution in [-0.4, -0.2) is 19.0 Å².